The van der Waals surface area contributed by atoms with Crippen molar-refractivity contribution in [2.75, 3.05) is 12.4 Å². The second kappa shape index (κ2) is 9.20. The van der Waals surface area contributed by atoms with Gasteiger partial charge in [-0.05, 0) is 42.5 Å². The van der Waals surface area contributed by atoms with Crippen LogP contribution >= 0.6 is 23.4 Å². The Kier molecular flexibility index (Phi) is 5.95. The van der Waals surface area contributed by atoms with E-state index in [4.69, 9.17) is 21.3 Å². The Morgan fingerprint density at radius 3 is 2.65 bits per heavy atom. The minimum absolute atomic E-state index is 0.292. The second-order valence-electron chi connectivity index (χ2n) is 7.31. The van der Waals surface area contributed by atoms with E-state index >= 15 is 0 Å². The molecule has 5 rings (SSSR count). The Morgan fingerprint density at radius 2 is 1.85 bits per heavy atom. The number of hydrogen-bond donors (Lipinski definition) is 1. The highest BCUT2D eigenvalue weighted by atomic mass is 35.5. The van der Waals surface area contributed by atoms with Gasteiger partial charge in [-0.2, -0.15) is 0 Å². The molecule has 0 saturated carbocycles. The lowest BCUT2D eigenvalue weighted by atomic mass is 10.3. The molecular weight excluding hydrogens is 474 g/mol. The number of para-hydroxylation sites is 2. The van der Waals surface area contributed by atoms with E-state index in [0.29, 0.717) is 38.2 Å². The highest BCUT2D eigenvalue weighted by Crippen LogP contribution is 2.30. The van der Waals surface area contributed by atoms with Crippen molar-refractivity contribution < 1.29 is 9.53 Å². The number of nitrogens with zero attached hydrogens (tertiary/aromatic N) is 4. The number of aromatic nitrogens is 4. The normalized spacial score (nSPS) is 11.1. The number of nitrogens with one attached hydrogen (secondary N) is 1. The molecule has 1 N–H and O–H groups in total. The van der Waals surface area contributed by atoms with Crippen LogP contribution in [0.3, 0.4) is 0 Å². The first-order valence-electron chi connectivity index (χ1n) is 10.3. The zero-order valence-electron chi connectivity index (χ0n) is 17.9. The Bertz CT molecular complexity index is 1580. The van der Waals surface area contributed by atoms with Crippen LogP contribution in [-0.2, 0) is 11.3 Å². The number of hydrogen-bond acceptors (Lipinski definition) is 6. The number of rotatable bonds is 6. The maximum absolute atomic E-state index is 13.3. The van der Waals surface area contributed by atoms with Crippen molar-refractivity contribution in [2.45, 2.75) is 16.5 Å². The van der Waals surface area contributed by atoms with Crippen LogP contribution in [0.2, 0.25) is 5.02 Å². The average Bonchev–Trinajstić information content (AvgIpc) is 3.16. The van der Waals surface area contributed by atoms with E-state index in [1.54, 1.807) is 24.3 Å². The first-order valence-corrected chi connectivity index (χ1v) is 11.5. The number of benzene rings is 3. The number of fused-ring (bicyclic) bond motifs is 3. The fourth-order valence-corrected chi connectivity index (χ4v) is 4.60. The van der Waals surface area contributed by atoms with Crippen LogP contribution in [0.4, 0.5) is 5.69 Å². The summed E-state index contributed by atoms with van der Waals surface area (Å²) in [5, 5.41) is 8.21. The van der Waals surface area contributed by atoms with E-state index in [1.807, 2.05) is 48.5 Å². The van der Waals surface area contributed by atoms with Crippen molar-refractivity contribution in [3.63, 3.8) is 0 Å². The minimum atomic E-state index is -0.444. The summed E-state index contributed by atoms with van der Waals surface area (Å²) in [6, 6.07) is 21.9. The van der Waals surface area contributed by atoms with Gasteiger partial charge in [0, 0.05) is 9.92 Å². The molecule has 3 aromatic carbocycles. The number of methoxy groups -OCH3 is 1. The van der Waals surface area contributed by atoms with Crippen LogP contribution in [-0.4, -0.2) is 32.2 Å². The highest BCUT2D eigenvalue weighted by Gasteiger charge is 2.19. The molecule has 0 unspecified atom stereocenters. The number of carbonyl (C=O) groups is 1. The van der Waals surface area contributed by atoms with Crippen molar-refractivity contribution in [3.8, 4) is 5.75 Å². The number of amides is 1. The summed E-state index contributed by atoms with van der Waals surface area (Å²) < 4.78 is 7.89. The Balaban J connectivity index is 1.55. The molecule has 5 aromatic rings. The van der Waals surface area contributed by atoms with Crippen molar-refractivity contribution >= 4 is 51.6 Å². The van der Waals surface area contributed by atoms with Gasteiger partial charge in [0.25, 0.3) is 0 Å². The Morgan fingerprint density at radius 1 is 1.09 bits per heavy atom. The zero-order valence-corrected chi connectivity index (χ0v) is 19.5. The molecule has 1 amide bonds. The average molecular weight is 492 g/mol. The van der Waals surface area contributed by atoms with Crippen molar-refractivity contribution in [1.82, 2.24) is 19.2 Å². The predicted octanol–water partition coefficient (Wildman–Crippen LogP) is 4.50. The molecule has 2 heterocycles. The lowest BCUT2D eigenvalue weighted by molar-refractivity contribution is -0.117. The quantitative estimate of drug-likeness (QED) is 0.376. The first kappa shape index (κ1) is 22.0. The van der Waals surface area contributed by atoms with Crippen LogP contribution in [0.5, 0.6) is 5.75 Å². The van der Waals surface area contributed by atoms with Crippen LogP contribution in [0.25, 0.3) is 16.7 Å². The number of halogens is 1. The van der Waals surface area contributed by atoms with Crippen molar-refractivity contribution in [1.29, 1.82) is 0 Å². The summed E-state index contributed by atoms with van der Waals surface area (Å²) in [4.78, 5) is 31.8. The van der Waals surface area contributed by atoms with Crippen LogP contribution in [0, 0.1) is 0 Å². The highest BCUT2D eigenvalue weighted by molar-refractivity contribution is 7.99. The van der Waals surface area contributed by atoms with Crippen LogP contribution in [0.15, 0.2) is 87.5 Å². The summed E-state index contributed by atoms with van der Waals surface area (Å²) in [5.41, 5.74) is 1.62. The maximum atomic E-state index is 13.3. The topological polar surface area (TPSA) is 90.5 Å². The molecule has 0 aliphatic heterocycles. The van der Waals surface area contributed by atoms with E-state index in [1.165, 1.54) is 23.3 Å². The Labute approximate surface area is 203 Å². The third-order valence-electron chi connectivity index (χ3n) is 5.06. The summed E-state index contributed by atoms with van der Waals surface area (Å²) >= 11 is 7.45. The van der Waals surface area contributed by atoms with Gasteiger partial charge >= 0.3 is 5.69 Å². The smallest absolute Gasteiger partial charge is 0.351 e. The molecule has 0 aliphatic rings. The largest absolute Gasteiger partial charge is 0.495 e. The number of anilines is 1. The molecule has 8 nitrogen and oxygen atoms in total. The zero-order chi connectivity index (χ0) is 23.7. The maximum Gasteiger partial charge on any atom is 0.351 e. The molecule has 34 heavy (non-hydrogen) atoms. The van der Waals surface area contributed by atoms with Gasteiger partial charge in [-0.15, -0.1) is 5.10 Å². The van der Waals surface area contributed by atoms with Gasteiger partial charge in [-0.25, -0.2) is 18.9 Å². The third-order valence-corrected chi connectivity index (χ3v) is 6.27. The molecule has 0 bridgehead atoms. The number of carbonyl (C=O) groups excluding carboxylic acids is 1. The standard InChI is InChI=1S/C24H18ClN5O3S/c1-33-20-12-11-15(25)13-18(20)26-21(31)14-29-24(32)30-19-10-6-5-9-17(19)27-23(22(30)28-29)34-16-7-3-2-4-8-16/h2-13H,14H2,1H3,(H,26,31). The fraction of sp³-hybridized carbons (Fsp3) is 0.0833. The summed E-state index contributed by atoms with van der Waals surface area (Å²) in [5.74, 6) is 0.0115. The van der Waals surface area contributed by atoms with Gasteiger partial charge in [-0.1, -0.05) is 53.7 Å². The monoisotopic (exact) mass is 491 g/mol. The molecule has 0 fully saturated rings. The molecule has 0 atom stereocenters. The van der Waals surface area contributed by atoms with E-state index in [2.05, 4.69) is 10.4 Å². The van der Waals surface area contributed by atoms with Gasteiger partial charge in [-0.3, -0.25) is 4.79 Å². The van der Waals surface area contributed by atoms with Crippen molar-refractivity contribution in [3.05, 3.63) is 88.3 Å². The Hall–Kier alpha value is -3.82. The molecule has 10 heteroatoms. The molecule has 0 radical (unpaired) electrons. The molecule has 0 spiro atoms. The first-order chi connectivity index (χ1) is 16.5. The van der Waals surface area contributed by atoms with Gasteiger partial charge in [0.15, 0.2) is 5.65 Å². The summed E-state index contributed by atoms with van der Waals surface area (Å²) in [7, 11) is 1.50. The molecule has 0 aliphatic carbocycles. The lowest BCUT2D eigenvalue weighted by Crippen LogP contribution is -2.28. The lowest BCUT2D eigenvalue weighted by Gasteiger charge is -2.10. The van der Waals surface area contributed by atoms with E-state index in [-0.39, 0.29) is 6.54 Å². The van der Waals surface area contributed by atoms with Gasteiger partial charge < -0.3 is 10.1 Å². The van der Waals surface area contributed by atoms with E-state index in [9.17, 15) is 9.59 Å². The molecular formula is C24H18ClN5O3S. The van der Waals surface area contributed by atoms with E-state index < -0.39 is 11.6 Å². The summed E-state index contributed by atoms with van der Waals surface area (Å²) in [6.07, 6.45) is 0. The van der Waals surface area contributed by atoms with Crippen LogP contribution < -0.4 is 15.7 Å². The van der Waals surface area contributed by atoms with Crippen molar-refractivity contribution in [2.24, 2.45) is 0 Å². The van der Waals surface area contributed by atoms with E-state index in [0.717, 1.165) is 9.58 Å². The van der Waals surface area contributed by atoms with Crippen LogP contribution in [0.1, 0.15) is 0 Å². The van der Waals surface area contributed by atoms with Gasteiger partial charge in [0.05, 0.1) is 23.8 Å². The number of ether oxygens (including phenoxy) is 1. The predicted molar refractivity (Wildman–Crippen MR) is 132 cm³/mol. The second-order valence-corrected chi connectivity index (χ2v) is 8.81. The summed E-state index contributed by atoms with van der Waals surface area (Å²) in [6.45, 7) is -0.292. The van der Waals surface area contributed by atoms with Gasteiger partial charge in [0.1, 0.15) is 17.3 Å². The molecule has 0 saturated heterocycles. The molecule has 170 valence electrons. The van der Waals surface area contributed by atoms with Gasteiger partial charge in [0.2, 0.25) is 5.91 Å². The SMILES string of the molecule is COc1ccc(Cl)cc1NC(=O)Cn1nc2c(Sc3ccccc3)nc3ccccc3n2c1=O. The molecule has 2 aromatic heterocycles. The fourth-order valence-electron chi connectivity index (χ4n) is 3.55. The minimum Gasteiger partial charge on any atom is -0.495 e. The third kappa shape index (κ3) is 4.23.